The molecule has 1 N–H and O–H groups in total. The van der Waals surface area contributed by atoms with Gasteiger partial charge in [0.05, 0.1) is 6.26 Å². The van der Waals surface area contributed by atoms with Crippen LogP contribution in [0.3, 0.4) is 0 Å². The summed E-state index contributed by atoms with van der Waals surface area (Å²) >= 11 is 0. The van der Waals surface area contributed by atoms with Crippen LogP contribution in [0.15, 0.2) is 22.8 Å². The van der Waals surface area contributed by atoms with E-state index in [2.05, 4.69) is 32.2 Å². The van der Waals surface area contributed by atoms with E-state index in [1.165, 1.54) is 6.42 Å². The molecule has 1 atom stereocenters. The van der Waals surface area contributed by atoms with E-state index >= 15 is 0 Å². The van der Waals surface area contributed by atoms with Crippen LogP contribution < -0.4 is 5.32 Å². The minimum absolute atomic E-state index is 0.570. The number of nitrogens with one attached hydrogen (secondary N) is 1. The van der Waals surface area contributed by atoms with Gasteiger partial charge in [0.2, 0.25) is 0 Å². The van der Waals surface area contributed by atoms with E-state index in [9.17, 15) is 0 Å². The third kappa shape index (κ3) is 3.97. The molecule has 0 saturated carbocycles. The smallest absolute Gasteiger partial charge is 0.104 e. The van der Waals surface area contributed by atoms with Crippen molar-refractivity contribution in [3.05, 3.63) is 24.2 Å². The summed E-state index contributed by atoms with van der Waals surface area (Å²) in [6.45, 7) is 7.67. The number of rotatable bonds is 6. The molecule has 0 radical (unpaired) electrons. The summed E-state index contributed by atoms with van der Waals surface area (Å²) in [6.07, 6.45) is 3.99. The zero-order chi connectivity index (χ0) is 10.4. The van der Waals surface area contributed by atoms with Gasteiger partial charge in [-0.2, -0.15) is 0 Å². The van der Waals surface area contributed by atoms with Crippen LogP contribution in [0.25, 0.3) is 0 Å². The normalized spacial score (nSPS) is 13.4. The molecule has 80 valence electrons. The van der Waals surface area contributed by atoms with Gasteiger partial charge in [0.25, 0.3) is 0 Å². The van der Waals surface area contributed by atoms with E-state index in [0.29, 0.717) is 12.0 Å². The van der Waals surface area contributed by atoms with Crippen LogP contribution in [0.4, 0.5) is 0 Å². The second-order valence-electron chi connectivity index (χ2n) is 4.12. The SMILES string of the molecule is CCC(CNC(C)C)Cc1ccco1. The van der Waals surface area contributed by atoms with Gasteiger partial charge in [-0.25, -0.2) is 0 Å². The van der Waals surface area contributed by atoms with Crippen molar-refractivity contribution in [1.82, 2.24) is 5.32 Å². The van der Waals surface area contributed by atoms with Crippen LogP contribution in [0.2, 0.25) is 0 Å². The maximum atomic E-state index is 5.34. The van der Waals surface area contributed by atoms with Gasteiger partial charge in [0.1, 0.15) is 5.76 Å². The minimum Gasteiger partial charge on any atom is -0.469 e. The van der Waals surface area contributed by atoms with E-state index in [0.717, 1.165) is 18.7 Å². The molecule has 1 aromatic rings. The van der Waals surface area contributed by atoms with Crippen molar-refractivity contribution in [3.8, 4) is 0 Å². The van der Waals surface area contributed by atoms with E-state index in [1.54, 1.807) is 6.26 Å². The van der Waals surface area contributed by atoms with E-state index in [4.69, 9.17) is 4.42 Å². The maximum Gasteiger partial charge on any atom is 0.104 e. The summed E-state index contributed by atoms with van der Waals surface area (Å²) < 4.78 is 5.34. The molecule has 14 heavy (non-hydrogen) atoms. The summed E-state index contributed by atoms with van der Waals surface area (Å²) in [6, 6.07) is 4.58. The molecule has 0 aliphatic rings. The Morgan fingerprint density at radius 2 is 2.21 bits per heavy atom. The molecule has 0 fully saturated rings. The number of furan rings is 1. The van der Waals surface area contributed by atoms with Crippen molar-refractivity contribution in [2.45, 2.75) is 39.7 Å². The molecule has 1 rings (SSSR count). The average molecular weight is 195 g/mol. The Morgan fingerprint density at radius 1 is 1.43 bits per heavy atom. The fourth-order valence-electron chi connectivity index (χ4n) is 1.48. The number of hydrogen-bond donors (Lipinski definition) is 1. The van der Waals surface area contributed by atoms with Gasteiger partial charge >= 0.3 is 0 Å². The first-order valence-electron chi connectivity index (χ1n) is 5.48. The lowest BCUT2D eigenvalue weighted by Crippen LogP contribution is -2.29. The first-order valence-corrected chi connectivity index (χ1v) is 5.48. The van der Waals surface area contributed by atoms with E-state index in [-0.39, 0.29) is 0 Å². The van der Waals surface area contributed by atoms with Gasteiger partial charge in [-0.15, -0.1) is 0 Å². The predicted molar refractivity (Wildman–Crippen MR) is 59.3 cm³/mol. The van der Waals surface area contributed by atoms with Crippen molar-refractivity contribution in [3.63, 3.8) is 0 Å². The van der Waals surface area contributed by atoms with Crippen molar-refractivity contribution < 1.29 is 4.42 Å². The highest BCUT2D eigenvalue weighted by Crippen LogP contribution is 2.11. The summed E-state index contributed by atoms with van der Waals surface area (Å²) in [5.74, 6) is 1.78. The van der Waals surface area contributed by atoms with Crippen molar-refractivity contribution >= 4 is 0 Å². The fourth-order valence-corrected chi connectivity index (χ4v) is 1.48. The van der Waals surface area contributed by atoms with Crippen molar-refractivity contribution in [2.24, 2.45) is 5.92 Å². The van der Waals surface area contributed by atoms with Gasteiger partial charge in [0.15, 0.2) is 0 Å². The highest BCUT2D eigenvalue weighted by molar-refractivity contribution is 4.99. The molecule has 0 aliphatic heterocycles. The summed E-state index contributed by atoms with van der Waals surface area (Å²) in [7, 11) is 0. The molecule has 2 heteroatoms. The Balaban J connectivity index is 2.32. The molecule has 0 amide bonds. The summed E-state index contributed by atoms with van der Waals surface area (Å²) in [5, 5.41) is 3.47. The molecule has 1 heterocycles. The fraction of sp³-hybridized carbons (Fsp3) is 0.667. The number of hydrogen-bond acceptors (Lipinski definition) is 2. The highest BCUT2D eigenvalue weighted by Gasteiger charge is 2.09. The third-order valence-corrected chi connectivity index (χ3v) is 2.46. The Morgan fingerprint density at radius 3 is 2.71 bits per heavy atom. The zero-order valence-corrected chi connectivity index (χ0v) is 9.42. The zero-order valence-electron chi connectivity index (χ0n) is 9.42. The monoisotopic (exact) mass is 195 g/mol. The lowest BCUT2D eigenvalue weighted by Gasteiger charge is -2.16. The van der Waals surface area contributed by atoms with Crippen molar-refractivity contribution in [2.75, 3.05) is 6.54 Å². The Bertz CT molecular complexity index is 228. The second kappa shape index (κ2) is 5.86. The molecule has 0 bridgehead atoms. The Labute approximate surface area is 86.7 Å². The lowest BCUT2D eigenvalue weighted by molar-refractivity contribution is 0.396. The molecule has 2 nitrogen and oxygen atoms in total. The maximum absolute atomic E-state index is 5.34. The molecule has 0 saturated heterocycles. The lowest BCUT2D eigenvalue weighted by atomic mass is 10.0. The molecule has 1 unspecified atom stereocenters. The first-order chi connectivity index (χ1) is 6.72. The molecule has 0 spiro atoms. The molecule has 1 aromatic heterocycles. The van der Waals surface area contributed by atoms with Crippen LogP contribution in [-0.4, -0.2) is 12.6 Å². The van der Waals surface area contributed by atoms with E-state index < -0.39 is 0 Å². The molecular formula is C12H21NO. The Kier molecular flexibility index (Phi) is 4.74. The topological polar surface area (TPSA) is 25.2 Å². The quantitative estimate of drug-likeness (QED) is 0.755. The minimum atomic E-state index is 0.570. The average Bonchev–Trinajstić information content (AvgIpc) is 2.64. The summed E-state index contributed by atoms with van der Waals surface area (Å²) in [5.41, 5.74) is 0. The second-order valence-corrected chi connectivity index (χ2v) is 4.12. The van der Waals surface area contributed by atoms with Crippen LogP contribution in [0.5, 0.6) is 0 Å². The van der Waals surface area contributed by atoms with Gasteiger partial charge in [-0.3, -0.25) is 0 Å². The van der Waals surface area contributed by atoms with Gasteiger partial charge in [0, 0.05) is 12.5 Å². The van der Waals surface area contributed by atoms with Crippen molar-refractivity contribution in [1.29, 1.82) is 0 Å². The third-order valence-electron chi connectivity index (χ3n) is 2.46. The highest BCUT2D eigenvalue weighted by atomic mass is 16.3. The van der Waals surface area contributed by atoms with Crippen LogP contribution >= 0.6 is 0 Å². The first kappa shape index (κ1) is 11.3. The van der Waals surface area contributed by atoms with Gasteiger partial charge in [-0.05, 0) is 24.6 Å². The largest absolute Gasteiger partial charge is 0.469 e. The predicted octanol–water partition coefficient (Wildman–Crippen LogP) is 2.85. The molecular weight excluding hydrogens is 174 g/mol. The van der Waals surface area contributed by atoms with Crippen LogP contribution in [0.1, 0.15) is 33.0 Å². The molecule has 0 aliphatic carbocycles. The summed E-state index contributed by atoms with van der Waals surface area (Å²) in [4.78, 5) is 0. The standard InChI is InChI=1S/C12H21NO/c1-4-11(9-13-10(2)3)8-12-6-5-7-14-12/h5-7,10-11,13H,4,8-9H2,1-3H3. The molecule has 0 aromatic carbocycles. The Hall–Kier alpha value is -0.760. The van der Waals surface area contributed by atoms with Crippen LogP contribution in [-0.2, 0) is 6.42 Å². The van der Waals surface area contributed by atoms with Gasteiger partial charge < -0.3 is 9.73 Å². The van der Waals surface area contributed by atoms with Gasteiger partial charge in [-0.1, -0.05) is 27.2 Å². The van der Waals surface area contributed by atoms with Crippen LogP contribution in [0, 0.1) is 5.92 Å². The van der Waals surface area contributed by atoms with E-state index in [1.807, 2.05) is 6.07 Å².